The minimum atomic E-state index is -2.66. The molecule has 18 heavy (non-hydrogen) atoms. The van der Waals surface area contributed by atoms with Gasteiger partial charge in [0.15, 0.2) is 0 Å². The number of rotatable bonds is 9. The Kier molecular flexibility index (Phi) is 9.02. The molecule has 0 saturated heterocycles. The van der Waals surface area contributed by atoms with Crippen LogP contribution in [0.25, 0.3) is 0 Å². The maximum atomic E-state index is 11.0. The smallest absolute Gasteiger partial charge is 0.323 e. The zero-order valence-electron chi connectivity index (χ0n) is 11.5. The van der Waals surface area contributed by atoms with Crippen LogP contribution in [0.5, 0.6) is 0 Å². The van der Waals surface area contributed by atoms with Crippen molar-refractivity contribution in [1.82, 2.24) is 4.90 Å². The minimum Gasteiger partial charge on any atom is -0.440 e. The Hall–Kier alpha value is 0.0175. The zero-order chi connectivity index (χ0) is 14.2. The van der Waals surface area contributed by atoms with Gasteiger partial charge in [-0.1, -0.05) is 0 Å². The molecule has 0 aliphatic carbocycles. The highest BCUT2D eigenvalue weighted by molar-refractivity contribution is 7.03. The average molecular weight is 326 g/mol. The molecule has 106 valence electrons. The number of carbonyl (C=O) groups excluding carboxylic acids is 1. The van der Waals surface area contributed by atoms with E-state index in [-0.39, 0.29) is 5.91 Å². The molecular formula is C8H23NO5Si4. The molecule has 0 spiro atoms. The quantitative estimate of drug-likeness (QED) is 0.527. The fourth-order valence-electron chi connectivity index (χ4n) is 1.18. The van der Waals surface area contributed by atoms with Gasteiger partial charge in [-0.15, -0.1) is 0 Å². The Morgan fingerprint density at radius 2 is 2.22 bits per heavy atom. The van der Waals surface area contributed by atoms with Gasteiger partial charge in [0.25, 0.3) is 18.9 Å². The van der Waals surface area contributed by atoms with Crippen molar-refractivity contribution < 1.29 is 22.3 Å². The molecule has 10 heteroatoms. The first kappa shape index (κ1) is 18.0. The van der Waals surface area contributed by atoms with Gasteiger partial charge < -0.3 is 22.4 Å². The first-order chi connectivity index (χ1) is 8.28. The Labute approximate surface area is 115 Å². The first-order valence-corrected chi connectivity index (χ1v) is 14.4. The first-order valence-electron chi connectivity index (χ1n) is 5.93. The molecule has 0 radical (unpaired) electrons. The molecule has 1 amide bonds. The van der Waals surface area contributed by atoms with Crippen molar-refractivity contribution in [3.05, 3.63) is 0 Å². The SMILES string of the molecule is CC(=O)N(C)CCC[Si](C)(O)O[SiH2]O[SiH](C)[SiH]=O. The molecule has 0 aromatic heterocycles. The van der Waals surface area contributed by atoms with Crippen LogP contribution in [0.4, 0.5) is 0 Å². The van der Waals surface area contributed by atoms with E-state index in [1.807, 2.05) is 6.55 Å². The van der Waals surface area contributed by atoms with Crippen molar-refractivity contribution in [2.75, 3.05) is 13.6 Å². The third-order valence-corrected chi connectivity index (χ3v) is 12.7. The molecule has 0 bridgehead atoms. The molecule has 0 heterocycles. The van der Waals surface area contributed by atoms with Crippen molar-refractivity contribution in [2.24, 2.45) is 0 Å². The molecule has 0 aromatic rings. The average Bonchev–Trinajstić information content (AvgIpc) is 2.27. The van der Waals surface area contributed by atoms with Crippen LogP contribution < -0.4 is 0 Å². The second kappa shape index (κ2) is 9.01. The van der Waals surface area contributed by atoms with E-state index in [0.29, 0.717) is 12.6 Å². The van der Waals surface area contributed by atoms with E-state index in [9.17, 15) is 14.1 Å². The van der Waals surface area contributed by atoms with E-state index in [0.717, 1.165) is 6.42 Å². The molecule has 0 fully saturated rings. The lowest BCUT2D eigenvalue weighted by Gasteiger charge is -2.22. The largest absolute Gasteiger partial charge is 0.440 e. The Bertz CT molecular complexity index is 278. The Morgan fingerprint density at radius 3 is 2.72 bits per heavy atom. The van der Waals surface area contributed by atoms with Crippen LogP contribution in [0.1, 0.15) is 13.3 Å². The summed E-state index contributed by atoms with van der Waals surface area (Å²) in [5.41, 5.74) is 0. The summed E-state index contributed by atoms with van der Waals surface area (Å²) in [7, 11) is -4.43. The second-order valence-corrected chi connectivity index (χ2v) is 15.4. The van der Waals surface area contributed by atoms with Gasteiger partial charge in [-0.2, -0.15) is 0 Å². The molecule has 6 nitrogen and oxygen atoms in total. The minimum absolute atomic E-state index is 0.0215. The molecule has 0 aliphatic rings. The lowest BCUT2D eigenvalue weighted by atomic mass is 10.4. The van der Waals surface area contributed by atoms with Gasteiger partial charge in [0, 0.05) is 20.5 Å². The van der Waals surface area contributed by atoms with Gasteiger partial charge in [0.2, 0.25) is 14.5 Å². The molecule has 0 aliphatic heterocycles. The van der Waals surface area contributed by atoms with Crippen LogP contribution >= 0.6 is 0 Å². The monoisotopic (exact) mass is 325 g/mol. The van der Waals surface area contributed by atoms with Crippen molar-refractivity contribution in [3.8, 4) is 0 Å². The summed E-state index contributed by atoms with van der Waals surface area (Å²) in [5, 5.41) is 0. The van der Waals surface area contributed by atoms with E-state index < -0.39 is 36.0 Å². The summed E-state index contributed by atoms with van der Waals surface area (Å²) in [4.78, 5) is 22.7. The van der Waals surface area contributed by atoms with Crippen LogP contribution in [0.15, 0.2) is 0 Å². The van der Waals surface area contributed by atoms with Gasteiger partial charge in [-0.05, 0) is 25.6 Å². The molecule has 0 aromatic carbocycles. The fourth-order valence-corrected chi connectivity index (χ4v) is 7.06. The molecule has 2 unspecified atom stereocenters. The zero-order valence-corrected chi connectivity index (χ0v) is 16.2. The predicted octanol–water partition coefficient (Wildman–Crippen LogP) is -1.42. The van der Waals surface area contributed by atoms with Crippen LogP contribution in [-0.4, -0.2) is 65.2 Å². The number of amides is 1. The Balaban J connectivity index is 3.79. The summed E-state index contributed by atoms with van der Waals surface area (Å²) >= 11 is 0. The highest BCUT2D eigenvalue weighted by Crippen LogP contribution is 2.10. The highest BCUT2D eigenvalue weighted by atomic mass is 29.2. The standard InChI is InChI=1S/C8H23NO5Si4/c1-8(10)9(2)6-5-7-18(4,12)14-16-13-17(3)15-11/h12,15,17H,5-7,16H2,1-4H3. The summed E-state index contributed by atoms with van der Waals surface area (Å²) in [6, 6.07) is 0.584. The molecular weight excluding hydrogens is 302 g/mol. The van der Waals surface area contributed by atoms with Crippen LogP contribution in [0.2, 0.25) is 19.1 Å². The Morgan fingerprint density at radius 1 is 1.61 bits per heavy atom. The summed E-state index contributed by atoms with van der Waals surface area (Å²) in [5.74, 6) is 0.0215. The summed E-state index contributed by atoms with van der Waals surface area (Å²) in [6.45, 7) is 5.74. The normalized spacial score (nSPS) is 16.5. The molecule has 2 atom stereocenters. The predicted molar refractivity (Wildman–Crippen MR) is 78.1 cm³/mol. The van der Waals surface area contributed by atoms with Crippen LogP contribution in [0.3, 0.4) is 0 Å². The highest BCUT2D eigenvalue weighted by Gasteiger charge is 2.26. The topological polar surface area (TPSA) is 76.1 Å². The van der Waals surface area contributed by atoms with E-state index in [2.05, 4.69) is 0 Å². The van der Waals surface area contributed by atoms with Gasteiger partial charge in [0.1, 0.15) is 0 Å². The second-order valence-electron chi connectivity index (χ2n) is 4.49. The van der Waals surface area contributed by atoms with Crippen molar-refractivity contribution in [1.29, 1.82) is 0 Å². The summed E-state index contributed by atoms with van der Waals surface area (Å²) in [6.07, 6.45) is 0.726. The lowest BCUT2D eigenvalue weighted by Crippen LogP contribution is -2.39. The van der Waals surface area contributed by atoms with E-state index in [4.69, 9.17) is 8.23 Å². The van der Waals surface area contributed by atoms with Crippen LogP contribution in [-0.2, 0) is 17.5 Å². The number of carbonyl (C=O) groups is 1. The van der Waals surface area contributed by atoms with Crippen molar-refractivity contribution >= 4 is 42.0 Å². The van der Waals surface area contributed by atoms with Gasteiger partial charge in [0.05, 0.1) is 0 Å². The number of hydrogen-bond donors (Lipinski definition) is 1. The van der Waals surface area contributed by atoms with E-state index in [1.54, 1.807) is 18.5 Å². The van der Waals surface area contributed by atoms with Gasteiger partial charge in [-0.3, -0.25) is 4.79 Å². The van der Waals surface area contributed by atoms with E-state index in [1.165, 1.54) is 6.92 Å². The van der Waals surface area contributed by atoms with Gasteiger partial charge in [-0.25, -0.2) is 0 Å². The number of nitrogens with zero attached hydrogens (tertiary/aromatic N) is 1. The van der Waals surface area contributed by atoms with Gasteiger partial charge >= 0.3 is 8.56 Å². The third-order valence-electron chi connectivity index (χ3n) is 2.56. The van der Waals surface area contributed by atoms with Crippen LogP contribution in [0, 0.1) is 0 Å². The maximum Gasteiger partial charge on any atom is 0.323 e. The summed E-state index contributed by atoms with van der Waals surface area (Å²) < 4.78 is 21.4. The molecule has 1 N–H and O–H groups in total. The molecule has 0 rings (SSSR count). The number of hydrogen-bond acceptors (Lipinski definition) is 5. The third kappa shape index (κ3) is 9.02. The molecule has 0 saturated carbocycles. The lowest BCUT2D eigenvalue weighted by molar-refractivity contribution is -0.127. The maximum absolute atomic E-state index is 11.0. The van der Waals surface area contributed by atoms with Crippen molar-refractivity contribution in [2.45, 2.75) is 32.5 Å². The van der Waals surface area contributed by atoms with Crippen molar-refractivity contribution in [3.63, 3.8) is 0 Å². The fraction of sp³-hybridized carbons (Fsp3) is 0.875. The van der Waals surface area contributed by atoms with E-state index >= 15 is 0 Å².